The highest BCUT2D eigenvalue weighted by Gasteiger charge is 2.66. The molecule has 2 aromatic carbocycles. The minimum Gasteiger partial charge on any atom is -0.421 e. The topological polar surface area (TPSA) is 72.5 Å². The lowest BCUT2D eigenvalue weighted by Crippen LogP contribution is -2.52. The summed E-state index contributed by atoms with van der Waals surface area (Å²) in [6, 6.07) is 11.0. The molecule has 0 saturated carbocycles. The minimum atomic E-state index is -4.98. The van der Waals surface area contributed by atoms with Crippen molar-refractivity contribution in [1.29, 1.82) is 0 Å². The smallest absolute Gasteiger partial charge is 0.421 e. The quantitative estimate of drug-likeness (QED) is 0.532. The number of alkyl halides is 4. The summed E-state index contributed by atoms with van der Waals surface area (Å²) in [7, 11) is 0. The molecule has 0 unspecified atom stereocenters. The SMILES string of the molecule is O=C(Nc1cc2c(cc1F)OC(F)(F)C(F)(F)O2)c1ccccc1NCc1ccncc1. The van der Waals surface area contributed by atoms with E-state index in [-0.39, 0.29) is 5.56 Å². The number of aromatic nitrogens is 1. The monoisotopic (exact) mass is 451 g/mol. The Morgan fingerprint density at radius 2 is 1.53 bits per heavy atom. The number of carbonyl (C=O) groups excluding carboxylic acids is 1. The molecule has 0 bridgehead atoms. The fraction of sp³-hybridized carbons (Fsp3) is 0.143. The van der Waals surface area contributed by atoms with Crippen LogP contribution in [0.15, 0.2) is 60.9 Å². The van der Waals surface area contributed by atoms with E-state index in [1.807, 2.05) is 0 Å². The van der Waals surface area contributed by atoms with Crippen LogP contribution in [0.2, 0.25) is 0 Å². The highest BCUT2D eigenvalue weighted by Crippen LogP contribution is 2.48. The number of benzene rings is 2. The molecule has 0 spiro atoms. The van der Waals surface area contributed by atoms with Crippen molar-refractivity contribution in [2.24, 2.45) is 0 Å². The van der Waals surface area contributed by atoms with Gasteiger partial charge in [-0.1, -0.05) is 12.1 Å². The Kier molecular flexibility index (Phi) is 5.33. The van der Waals surface area contributed by atoms with Crippen LogP contribution in [0.5, 0.6) is 11.5 Å². The zero-order valence-corrected chi connectivity index (χ0v) is 16.0. The molecule has 6 nitrogen and oxygen atoms in total. The fourth-order valence-corrected chi connectivity index (χ4v) is 2.91. The second kappa shape index (κ2) is 7.98. The van der Waals surface area contributed by atoms with E-state index in [9.17, 15) is 26.7 Å². The Morgan fingerprint density at radius 3 is 2.22 bits per heavy atom. The first kappa shape index (κ1) is 21.3. The van der Waals surface area contributed by atoms with Crippen LogP contribution in [0, 0.1) is 5.82 Å². The average Bonchev–Trinajstić information content (AvgIpc) is 2.75. The summed E-state index contributed by atoms with van der Waals surface area (Å²) in [5, 5.41) is 5.30. The van der Waals surface area contributed by atoms with Crippen LogP contribution in [0.25, 0.3) is 0 Å². The summed E-state index contributed by atoms with van der Waals surface area (Å²) in [6.07, 6.45) is -6.72. The number of hydrogen-bond acceptors (Lipinski definition) is 5. The Hall–Kier alpha value is -3.89. The number of carbonyl (C=O) groups is 1. The first-order chi connectivity index (χ1) is 15.2. The zero-order chi connectivity index (χ0) is 22.9. The fourth-order valence-electron chi connectivity index (χ4n) is 2.91. The number of amides is 1. The number of nitrogens with zero attached hydrogens (tertiary/aromatic N) is 1. The van der Waals surface area contributed by atoms with Crippen molar-refractivity contribution in [1.82, 2.24) is 4.98 Å². The van der Waals surface area contributed by atoms with Gasteiger partial charge in [-0.3, -0.25) is 9.78 Å². The van der Waals surface area contributed by atoms with Gasteiger partial charge >= 0.3 is 12.2 Å². The molecule has 2 heterocycles. The largest absolute Gasteiger partial charge is 0.507 e. The molecule has 1 aromatic heterocycles. The van der Waals surface area contributed by atoms with E-state index < -0.39 is 41.1 Å². The average molecular weight is 451 g/mol. The van der Waals surface area contributed by atoms with Crippen LogP contribution in [0.3, 0.4) is 0 Å². The number of fused-ring (bicyclic) bond motifs is 1. The summed E-state index contributed by atoms with van der Waals surface area (Å²) in [4.78, 5) is 16.6. The van der Waals surface area contributed by atoms with Gasteiger partial charge in [-0.2, -0.15) is 17.6 Å². The van der Waals surface area contributed by atoms with Crippen LogP contribution in [0.4, 0.5) is 33.3 Å². The number of halogens is 5. The van der Waals surface area contributed by atoms with Gasteiger partial charge in [0.05, 0.1) is 11.3 Å². The number of anilines is 2. The van der Waals surface area contributed by atoms with Gasteiger partial charge in [0, 0.05) is 36.8 Å². The minimum absolute atomic E-state index is 0.132. The second-order valence-electron chi connectivity index (χ2n) is 6.73. The second-order valence-corrected chi connectivity index (χ2v) is 6.73. The Labute approximate surface area is 178 Å². The van der Waals surface area contributed by atoms with Gasteiger partial charge in [0.2, 0.25) is 0 Å². The van der Waals surface area contributed by atoms with Crippen molar-refractivity contribution < 1.29 is 36.2 Å². The molecule has 0 saturated heterocycles. The van der Waals surface area contributed by atoms with Crippen LogP contribution >= 0.6 is 0 Å². The molecule has 1 aliphatic rings. The molecular weight excluding hydrogens is 437 g/mol. The van der Waals surface area contributed by atoms with Crippen molar-refractivity contribution in [2.45, 2.75) is 18.8 Å². The van der Waals surface area contributed by atoms with E-state index in [2.05, 4.69) is 25.1 Å². The highest BCUT2D eigenvalue weighted by atomic mass is 19.3. The summed E-state index contributed by atoms with van der Waals surface area (Å²) >= 11 is 0. The summed E-state index contributed by atoms with van der Waals surface area (Å²) in [5.74, 6) is -3.71. The first-order valence-electron chi connectivity index (χ1n) is 9.17. The number of nitrogens with one attached hydrogen (secondary N) is 2. The molecule has 1 amide bonds. The number of hydrogen-bond donors (Lipinski definition) is 2. The third kappa shape index (κ3) is 4.13. The molecule has 0 radical (unpaired) electrons. The normalized spacial score (nSPS) is 15.7. The van der Waals surface area contributed by atoms with Crippen LogP contribution in [0.1, 0.15) is 15.9 Å². The molecule has 0 fully saturated rings. The van der Waals surface area contributed by atoms with Gasteiger partial charge in [-0.15, -0.1) is 0 Å². The maximum absolute atomic E-state index is 14.4. The lowest BCUT2D eigenvalue weighted by Gasteiger charge is -2.32. The van der Waals surface area contributed by atoms with Crippen molar-refractivity contribution >= 4 is 17.3 Å². The highest BCUT2D eigenvalue weighted by molar-refractivity contribution is 6.08. The molecule has 3 aromatic rings. The number of ether oxygens (including phenoxy) is 2. The van der Waals surface area contributed by atoms with Gasteiger partial charge in [0.25, 0.3) is 5.91 Å². The number of pyridine rings is 1. The Balaban J connectivity index is 1.55. The molecule has 32 heavy (non-hydrogen) atoms. The molecule has 0 atom stereocenters. The Bertz CT molecular complexity index is 1160. The van der Waals surface area contributed by atoms with Crippen LogP contribution in [-0.2, 0) is 6.54 Å². The Morgan fingerprint density at radius 1 is 0.906 bits per heavy atom. The van der Waals surface area contributed by atoms with Gasteiger partial charge in [-0.25, -0.2) is 4.39 Å². The summed E-state index contributed by atoms with van der Waals surface area (Å²) in [5.41, 5.74) is 0.895. The maximum Gasteiger partial charge on any atom is 0.507 e. The predicted molar refractivity (Wildman–Crippen MR) is 104 cm³/mol. The lowest BCUT2D eigenvalue weighted by atomic mass is 10.1. The van der Waals surface area contributed by atoms with Crippen LogP contribution in [-0.4, -0.2) is 23.1 Å². The van der Waals surface area contributed by atoms with Gasteiger partial charge in [0.1, 0.15) is 0 Å². The number of para-hydroxylation sites is 1. The van der Waals surface area contributed by atoms with Crippen molar-refractivity contribution in [3.8, 4) is 11.5 Å². The lowest BCUT2D eigenvalue weighted by molar-refractivity contribution is -0.391. The van der Waals surface area contributed by atoms with E-state index in [4.69, 9.17) is 0 Å². The van der Waals surface area contributed by atoms with Crippen LogP contribution < -0.4 is 20.1 Å². The molecule has 0 aliphatic carbocycles. The van der Waals surface area contributed by atoms with Gasteiger partial charge in [-0.05, 0) is 29.8 Å². The molecule has 2 N–H and O–H groups in total. The van der Waals surface area contributed by atoms with E-state index in [1.165, 1.54) is 6.07 Å². The molecule has 166 valence electrons. The van der Waals surface area contributed by atoms with E-state index >= 15 is 0 Å². The standard InChI is InChI=1S/C21H14F5N3O3/c22-14-9-17-18(32-21(25,26)20(23,24)31-17)10-16(14)29-19(30)13-3-1-2-4-15(13)28-11-12-5-7-27-8-6-12/h1-10,28H,11H2,(H,29,30). The molecular formula is C21H14F5N3O3. The third-order valence-corrected chi connectivity index (χ3v) is 4.50. The van der Waals surface area contributed by atoms with E-state index in [1.54, 1.807) is 42.7 Å². The predicted octanol–water partition coefficient (Wildman–Crippen LogP) is 5.04. The van der Waals surface area contributed by atoms with Crippen molar-refractivity contribution in [2.75, 3.05) is 10.6 Å². The zero-order valence-electron chi connectivity index (χ0n) is 16.0. The van der Waals surface area contributed by atoms with Crippen molar-refractivity contribution in [3.63, 3.8) is 0 Å². The molecule has 1 aliphatic heterocycles. The number of rotatable bonds is 5. The van der Waals surface area contributed by atoms with E-state index in [0.29, 0.717) is 24.4 Å². The summed E-state index contributed by atoms with van der Waals surface area (Å²) < 4.78 is 75.6. The molecule has 4 rings (SSSR count). The maximum atomic E-state index is 14.4. The van der Waals surface area contributed by atoms with Gasteiger partial charge < -0.3 is 20.1 Å². The van der Waals surface area contributed by atoms with Gasteiger partial charge in [0.15, 0.2) is 17.3 Å². The third-order valence-electron chi connectivity index (χ3n) is 4.50. The van der Waals surface area contributed by atoms with E-state index in [0.717, 1.165) is 5.56 Å². The van der Waals surface area contributed by atoms with Crippen molar-refractivity contribution in [3.05, 3.63) is 77.9 Å². The first-order valence-corrected chi connectivity index (χ1v) is 9.17. The molecule has 11 heteroatoms. The summed E-state index contributed by atoms with van der Waals surface area (Å²) in [6.45, 7) is 0.370.